The van der Waals surface area contributed by atoms with Crippen LogP contribution in [0.1, 0.15) is 26.7 Å². The van der Waals surface area contributed by atoms with E-state index in [-0.39, 0.29) is 10.6 Å². The van der Waals surface area contributed by atoms with Gasteiger partial charge >= 0.3 is 0 Å². The topological polar surface area (TPSA) is 63.4 Å². The maximum Gasteiger partial charge on any atom is 0.245 e. The smallest absolute Gasteiger partial charge is 0.245 e. The summed E-state index contributed by atoms with van der Waals surface area (Å²) in [6.07, 6.45) is 1.64. The van der Waals surface area contributed by atoms with Crippen LogP contribution in [0.2, 0.25) is 0 Å². The lowest BCUT2D eigenvalue weighted by atomic mass is 10.3. The molecular weight excluding hydrogens is 255 g/mol. The zero-order chi connectivity index (χ0) is 13.8. The molecule has 0 saturated heterocycles. The van der Waals surface area contributed by atoms with Crippen molar-refractivity contribution in [3.63, 3.8) is 0 Å². The maximum absolute atomic E-state index is 13.7. The lowest BCUT2D eigenvalue weighted by molar-refractivity contribution is 0.415. The Bertz CT molecular complexity index is 503. The third kappa shape index (κ3) is 3.20. The van der Waals surface area contributed by atoms with E-state index in [0.29, 0.717) is 13.1 Å². The number of unbranched alkanes of at least 4 members (excludes halogenated alkanes) is 1. The average molecular weight is 274 g/mol. The first-order chi connectivity index (χ1) is 8.43. The Morgan fingerprint density at radius 2 is 2.00 bits per heavy atom. The summed E-state index contributed by atoms with van der Waals surface area (Å²) in [7, 11) is -3.77. The van der Waals surface area contributed by atoms with Crippen molar-refractivity contribution >= 4 is 15.7 Å². The Balaban J connectivity index is 3.10. The SMILES string of the molecule is CCCCN(CC)S(=O)(=O)c1ccc(N)cc1F. The van der Waals surface area contributed by atoms with Gasteiger partial charge in [-0.2, -0.15) is 4.31 Å². The van der Waals surface area contributed by atoms with Crippen molar-refractivity contribution in [3.8, 4) is 0 Å². The maximum atomic E-state index is 13.7. The van der Waals surface area contributed by atoms with Gasteiger partial charge in [0.2, 0.25) is 10.0 Å². The summed E-state index contributed by atoms with van der Waals surface area (Å²) in [5, 5.41) is 0. The molecule has 0 aliphatic carbocycles. The quantitative estimate of drug-likeness (QED) is 0.809. The van der Waals surface area contributed by atoms with E-state index in [1.54, 1.807) is 6.92 Å². The zero-order valence-electron chi connectivity index (χ0n) is 10.7. The number of nitrogen functional groups attached to an aromatic ring is 1. The van der Waals surface area contributed by atoms with E-state index in [0.717, 1.165) is 18.9 Å². The van der Waals surface area contributed by atoms with E-state index in [1.165, 1.54) is 16.4 Å². The van der Waals surface area contributed by atoms with Gasteiger partial charge in [0.25, 0.3) is 0 Å². The van der Waals surface area contributed by atoms with E-state index < -0.39 is 15.8 Å². The number of nitrogens with zero attached hydrogens (tertiary/aromatic N) is 1. The number of benzene rings is 1. The Hall–Kier alpha value is -1.14. The fourth-order valence-corrected chi connectivity index (χ4v) is 3.18. The van der Waals surface area contributed by atoms with Crippen LogP contribution in [0.5, 0.6) is 0 Å². The molecule has 0 atom stereocenters. The Morgan fingerprint density at radius 1 is 1.33 bits per heavy atom. The molecule has 1 rings (SSSR count). The number of rotatable bonds is 6. The highest BCUT2D eigenvalue weighted by Gasteiger charge is 2.25. The molecule has 0 aliphatic heterocycles. The van der Waals surface area contributed by atoms with Crippen molar-refractivity contribution < 1.29 is 12.8 Å². The molecule has 6 heteroatoms. The largest absolute Gasteiger partial charge is 0.399 e. The summed E-state index contributed by atoms with van der Waals surface area (Å²) in [6, 6.07) is 3.64. The molecule has 0 amide bonds. The second kappa shape index (κ2) is 6.15. The summed E-state index contributed by atoms with van der Waals surface area (Å²) in [4.78, 5) is -0.311. The number of nitrogens with two attached hydrogens (primary N) is 1. The molecule has 1 aromatic carbocycles. The minimum atomic E-state index is -3.77. The summed E-state index contributed by atoms with van der Waals surface area (Å²) < 4.78 is 39.5. The van der Waals surface area contributed by atoms with Gasteiger partial charge in [-0.15, -0.1) is 0 Å². The van der Waals surface area contributed by atoms with Gasteiger partial charge in [-0.3, -0.25) is 0 Å². The van der Waals surface area contributed by atoms with Gasteiger partial charge < -0.3 is 5.73 Å². The second-order valence-corrected chi connectivity index (χ2v) is 5.95. The van der Waals surface area contributed by atoms with Crippen LogP contribution in [0.4, 0.5) is 10.1 Å². The molecule has 0 unspecified atom stereocenters. The molecule has 0 saturated carbocycles. The molecule has 2 N–H and O–H groups in total. The number of hydrogen-bond acceptors (Lipinski definition) is 3. The van der Waals surface area contributed by atoms with Crippen LogP contribution < -0.4 is 5.73 Å². The van der Waals surface area contributed by atoms with Gasteiger partial charge in [-0.1, -0.05) is 20.3 Å². The highest BCUT2D eigenvalue weighted by Crippen LogP contribution is 2.21. The second-order valence-electron chi connectivity index (χ2n) is 4.04. The molecule has 0 radical (unpaired) electrons. The number of halogens is 1. The first kappa shape index (κ1) is 14.9. The number of sulfonamides is 1. The highest BCUT2D eigenvalue weighted by molar-refractivity contribution is 7.89. The van der Waals surface area contributed by atoms with E-state index in [9.17, 15) is 12.8 Å². The van der Waals surface area contributed by atoms with E-state index >= 15 is 0 Å². The lowest BCUT2D eigenvalue weighted by Crippen LogP contribution is -2.32. The van der Waals surface area contributed by atoms with Crippen LogP contribution in [-0.4, -0.2) is 25.8 Å². The third-order valence-electron chi connectivity index (χ3n) is 2.69. The van der Waals surface area contributed by atoms with Crippen LogP contribution in [0.25, 0.3) is 0 Å². The Kier molecular flexibility index (Phi) is 5.10. The fourth-order valence-electron chi connectivity index (χ4n) is 1.65. The van der Waals surface area contributed by atoms with Crippen LogP contribution in [0.15, 0.2) is 23.1 Å². The molecule has 1 aromatic rings. The van der Waals surface area contributed by atoms with E-state index in [4.69, 9.17) is 5.73 Å². The molecule has 0 bridgehead atoms. The number of hydrogen-bond donors (Lipinski definition) is 1. The normalized spacial score (nSPS) is 12.0. The molecule has 4 nitrogen and oxygen atoms in total. The molecule has 0 heterocycles. The monoisotopic (exact) mass is 274 g/mol. The molecule has 18 heavy (non-hydrogen) atoms. The van der Waals surface area contributed by atoms with Crippen LogP contribution >= 0.6 is 0 Å². The molecule has 0 aliphatic rings. The Labute approximate surface area is 108 Å². The first-order valence-corrected chi connectivity index (χ1v) is 7.42. The standard InChI is InChI=1S/C12H19FN2O2S/c1-3-5-8-15(4-2)18(16,17)12-7-6-10(14)9-11(12)13/h6-7,9H,3-5,8,14H2,1-2H3. The highest BCUT2D eigenvalue weighted by atomic mass is 32.2. The third-order valence-corrected chi connectivity index (χ3v) is 4.70. The van der Waals surface area contributed by atoms with Gasteiger partial charge in [0.05, 0.1) is 0 Å². The van der Waals surface area contributed by atoms with E-state index in [1.807, 2.05) is 6.92 Å². The molecule has 0 aromatic heterocycles. The van der Waals surface area contributed by atoms with E-state index in [2.05, 4.69) is 0 Å². The van der Waals surface area contributed by atoms with Gasteiger partial charge in [-0.05, 0) is 24.6 Å². The zero-order valence-corrected chi connectivity index (χ0v) is 11.5. The lowest BCUT2D eigenvalue weighted by Gasteiger charge is -2.20. The van der Waals surface area contributed by atoms with Gasteiger partial charge in [0, 0.05) is 18.8 Å². The van der Waals surface area contributed by atoms with Crippen molar-refractivity contribution in [2.75, 3.05) is 18.8 Å². The van der Waals surface area contributed by atoms with Crippen LogP contribution in [0.3, 0.4) is 0 Å². The van der Waals surface area contributed by atoms with Gasteiger partial charge in [0.15, 0.2) is 0 Å². The molecule has 0 spiro atoms. The van der Waals surface area contributed by atoms with Crippen molar-refractivity contribution in [1.82, 2.24) is 4.31 Å². The minimum Gasteiger partial charge on any atom is -0.399 e. The van der Waals surface area contributed by atoms with Crippen LogP contribution in [0, 0.1) is 5.82 Å². The van der Waals surface area contributed by atoms with Crippen molar-refractivity contribution in [3.05, 3.63) is 24.0 Å². The van der Waals surface area contributed by atoms with Crippen molar-refractivity contribution in [2.45, 2.75) is 31.6 Å². The predicted molar refractivity (Wildman–Crippen MR) is 70.2 cm³/mol. The minimum absolute atomic E-state index is 0.211. The predicted octanol–water partition coefficient (Wildman–Crippen LogP) is 2.22. The summed E-state index contributed by atoms with van der Waals surface area (Å²) in [5.41, 5.74) is 5.62. The average Bonchev–Trinajstić information content (AvgIpc) is 2.29. The molecule has 0 fully saturated rings. The van der Waals surface area contributed by atoms with Gasteiger partial charge in [-0.25, -0.2) is 12.8 Å². The summed E-state index contributed by atoms with van der Waals surface area (Å²) in [5.74, 6) is -0.801. The Morgan fingerprint density at radius 3 is 2.50 bits per heavy atom. The molecule has 102 valence electrons. The van der Waals surface area contributed by atoms with Crippen molar-refractivity contribution in [2.24, 2.45) is 0 Å². The number of anilines is 1. The van der Waals surface area contributed by atoms with Crippen molar-refractivity contribution in [1.29, 1.82) is 0 Å². The summed E-state index contributed by atoms with van der Waals surface area (Å²) >= 11 is 0. The van der Waals surface area contributed by atoms with Gasteiger partial charge in [0.1, 0.15) is 10.7 Å². The molecular formula is C12H19FN2O2S. The fraction of sp³-hybridized carbons (Fsp3) is 0.500. The first-order valence-electron chi connectivity index (χ1n) is 5.98. The van der Waals surface area contributed by atoms with Crippen LogP contribution in [-0.2, 0) is 10.0 Å². The summed E-state index contributed by atoms with van der Waals surface area (Å²) in [6.45, 7) is 4.44.